The molecular weight excluding hydrogens is 282 g/mol. The summed E-state index contributed by atoms with van der Waals surface area (Å²) in [6, 6.07) is 9.04. The van der Waals surface area contributed by atoms with Crippen LogP contribution < -0.4 is 15.4 Å². The van der Waals surface area contributed by atoms with Crippen molar-refractivity contribution in [1.29, 1.82) is 5.26 Å². The van der Waals surface area contributed by atoms with Crippen LogP contribution in [0.4, 0.5) is 5.69 Å². The number of nitrogens with one attached hydrogen (secondary N) is 2. The summed E-state index contributed by atoms with van der Waals surface area (Å²) in [4.78, 5) is 11.8. The largest absolute Gasteiger partial charge is 0.497 e. The van der Waals surface area contributed by atoms with Gasteiger partial charge in [0.15, 0.2) is 0 Å². The lowest BCUT2D eigenvalue weighted by molar-refractivity contribution is -0.117. The number of nitriles is 1. The van der Waals surface area contributed by atoms with E-state index in [0.717, 1.165) is 11.4 Å². The summed E-state index contributed by atoms with van der Waals surface area (Å²) in [6.07, 6.45) is 2.10. The van der Waals surface area contributed by atoms with E-state index < -0.39 is 5.91 Å². The van der Waals surface area contributed by atoms with Gasteiger partial charge in [-0.15, -0.1) is 0 Å². The van der Waals surface area contributed by atoms with Crippen LogP contribution in [-0.4, -0.2) is 32.8 Å². The molecule has 0 aromatic heterocycles. The van der Waals surface area contributed by atoms with Crippen LogP contribution in [0.3, 0.4) is 0 Å². The zero-order valence-electron chi connectivity index (χ0n) is 12.9. The Kier molecular flexibility index (Phi) is 8.16. The molecule has 0 bridgehead atoms. The highest BCUT2D eigenvalue weighted by Gasteiger charge is 2.07. The third-order valence-corrected chi connectivity index (χ3v) is 2.79. The van der Waals surface area contributed by atoms with Gasteiger partial charge in [-0.25, -0.2) is 0 Å². The van der Waals surface area contributed by atoms with Gasteiger partial charge >= 0.3 is 0 Å². The SMILES string of the molecule is CCOCCCNC(=O)/C(C#N)=C\Nc1ccc(OC)cc1. The number of nitrogens with zero attached hydrogens (tertiary/aromatic N) is 1. The summed E-state index contributed by atoms with van der Waals surface area (Å²) in [6.45, 7) is 3.63. The van der Waals surface area contributed by atoms with Gasteiger partial charge in [0.2, 0.25) is 0 Å². The van der Waals surface area contributed by atoms with Crippen molar-refractivity contribution in [2.24, 2.45) is 0 Å². The van der Waals surface area contributed by atoms with Crippen molar-refractivity contribution >= 4 is 11.6 Å². The second-order valence-electron chi connectivity index (χ2n) is 4.35. The van der Waals surface area contributed by atoms with E-state index in [-0.39, 0.29) is 5.57 Å². The minimum absolute atomic E-state index is 0.0206. The summed E-state index contributed by atoms with van der Waals surface area (Å²) >= 11 is 0. The van der Waals surface area contributed by atoms with Gasteiger partial charge < -0.3 is 20.1 Å². The first-order chi connectivity index (χ1) is 10.7. The Morgan fingerprint density at radius 1 is 1.36 bits per heavy atom. The Morgan fingerprint density at radius 3 is 2.68 bits per heavy atom. The Balaban J connectivity index is 2.47. The van der Waals surface area contributed by atoms with Crippen LogP contribution in [0.5, 0.6) is 5.75 Å². The fraction of sp³-hybridized carbons (Fsp3) is 0.375. The summed E-state index contributed by atoms with van der Waals surface area (Å²) in [7, 11) is 1.59. The fourth-order valence-corrected chi connectivity index (χ4v) is 1.61. The quantitative estimate of drug-likeness (QED) is 0.414. The summed E-state index contributed by atoms with van der Waals surface area (Å²) < 4.78 is 10.2. The minimum atomic E-state index is -0.403. The van der Waals surface area contributed by atoms with Crippen LogP contribution in [0.25, 0.3) is 0 Å². The van der Waals surface area contributed by atoms with Gasteiger partial charge in [-0.1, -0.05) is 0 Å². The highest BCUT2D eigenvalue weighted by molar-refractivity contribution is 5.97. The zero-order valence-corrected chi connectivity index (χ0v) is 12.9. The van der Waals surface area contributed by atoms with E-state index in [1.165, 1.54) is 6.20 Å². The lowest BCUT2D eigenvalue weighted by atomic mass is 10.2. The Bertz CT molecular complexity index is 533. The average molecular weight is 303 g/mol. The van der Waals surface area contributed by atoms with Crippen LogP contribution >= 0.6 is 0 Å². The van der Waals surface area contributed by atoms with Gasteiger partial charge in [0.05, 0.1) is 7.11 Å². The highest BCUT2D eigenvalue weighted by Crippen LogP contribution is 2.15. The predicted molar refractivity (Wildman–Crippen MR) is 84.4 cm³/mol. The zero-order chi connectivity index (χ0) is 16.2. The number of rotatable bonds is 9. The minimum Gasteiger partial charge on any atom is -0.497 e. The van der Waals surface area contributed by atoms with E-state index in [9.17, 15) is 4.79 Å². The molecule has 6 heteroatoms. The maximum absolute atomic E-state index is 11.8. The van der Waals surface area contributed by atoms with Crippen LogP contribution in [-0.2, 0) is 9.53 Å². The molecule has 0 saturated carbocycles. The van der Waals surface area contributed by atoms with Crippen LogP contribution in [0, 0.1) is 11.3 Å². The van der Waals surface area contributed by atoms with E-state index in [0.29, 0.717) is 26.2 Å². The molecule has 0 atom stereocenters. The first-order valence-corrected chi connectivity index (χ1v) is 7.08. The summed E-state index contributed by atoms with van der Waals surface area (Å²) in [5, 5.41) is 14.6. The molecule has 0 saturated heterocycles. The lowest BCUT2D eigenvalue weighted by Gasteiger charge is -2.06. The number of carbonyl (C=O) groups excluding carboxylic acids is 1. The standard InChI is InChI=1S/C16H21N3O3/c1-3-22-10-4-9-18-16(20)13(11-17)12-19-14-5-7-15(21-2)8-6-14/h5-8,12,19H,3-4,9-10H2,1-2H3,(H,18,20)/b13-12-. The molecule has 0 spiro atoms. The number of benzene rings is 1. The van der Waals surface area contributed by atoms with Gasteiger partial charge in [-0.2, -0.15) is 5.26 Å². The molecule has 1 amide bonds. The maximum atomic E-state index is 11.8. The summed E-state index contributed by atoms with van der Waals surface area (Å²) in [5.74, 6) is 0.335. The number of carbonyl (C=O) groups is 1. The van der Waals surface area contributed by atoms with Crippen molar-refractivity contribution in [2.75, 3.05) is 32.2 Å². The number of hydrogen-bond donors (Lipinski definition) is 2. The fourth-order valence-electron chi connectivity index (χ4n) is 1.61. The Morgan fingerprint density at radius 2 is 2.09 bits per heavy atom. The van der Waals surface area contributed by atoms with Crippen LogP contribution in [0.1, 0.15) is 13.3 Å². The molecule has 6 nitrogen and oxygen atoms in total. The molecule has 0 aliphatic carbocycles. The normalized spacial score (nSPS) is 10.7. The lowest BCUT2D eigenvalue weighted by Crippen LogP contribution is -2.26. The van der Waals surface area contributed by atoms with Crippen LogP contribution in [0.2, 0.25) is 0 Å². The van der Waals surface area contributed by atoms with Crippen molar-refractivity contribution < 1.29 is 14.3 Å². The maximum Gasteiger partial charge on any atom is 0.263 e. The van der Waals surface area contributed by atoms with E-state index in [1.807, 2.05) is 13.0 Å². The number of methoxy groups -OCH3 is 1. The van der Waals surface area contributed by atoms with Crippen LogP contribution in [0.15, 0.2) is 36.0 Å². The van der Waals surface area contributed by atoms with Crippen molar-refractivity contribution in [2.45, 2.75) is 13.3 Å². The molecule has 0 heterocycles. The highest BCUT2D eigenvalue weighted by atomic mass is 16.5. The molecule has 0 radical (unpaired) electrons. The second-order valence-corrected chi connectivity index (χ2v) is 4.35. The molecule has 2 N–H and O–H groups in total. The van der Waals surface area contributed by atoms with E-state index in [1.54, 1.807) is 31.4 Å². The van der Waals surface area contributed by atoms with E-state index in [4.69, 9.17) is 14.7 Å². The van der Waals surface area contributed by atoms with Crippen molar-refractivity contribution in [3.05, 3.63) is 36.0 Å². The Hall–Kier alpha value is -2.52. The molecule has 118 valence electrons. The smallest absolute Gasteiger partial charge is 0.263 e. The monoisotopic (exact) mass is 303 g/mol. The topological polar surface area (TPSA) is 83.4 Å². The molecule has 0 unspecified atom stereocenters. The predicted octanol–water partition coefficient (Wildman–Crippen LogP) is 2.06. The molecule has 1 aromatic carbocycles. The first-order valence-electron chi connectivity index (χ1n) is 7.08. The van der Waals surface area contributed by atoms with Gasteiger partial charge in [0.25, 0.3) is 5.91 Å². The average Bonchev–Trinajstić information content (AvgIpc) is 2.55. The second kappa shape index (κ2) is 10.2. The molecule has 0 fully saturated rings. The van der Waals surface area contributed by atoms with E-state index >= 15 is 0 Å². The molecular formula is C16H21N3O3. The third-order valence-electron chi connectivity index (χ3n) is 2.79. The van der Waals surface area contributed by atoms with E-state index in [2.05, 4.69) is 10.6 Å². The van der Waals surface area contributed by atoms with Gasteiger partial charge in [-0.3, -0.25) is 4.79 Å². The van der Waals surface area contributed by atoms with Gasteiger partial charge in [-0.05, 0) is 37.6 Å². The third kappa shape index (κ3) is 6.29. The molecule has 0 aliphatic rings. The van der Waals surface area contributed by atoms with Crippen molar-refractivity contribution in [3.63, 3.8) is 0 Å². The molecule has 1 aromatic rings. The Labute approximate surface area is 130 Å². The van der Waals surface area contributed by atoms with Gasteiger partial charge in [0.1, 0.15) is 17.4 Å². The summed E-state index contributed by atoms with van der Waals surface area (Å²) in [5.41, 5.74) is 0.782. The molecule has 1 rings (SSSR count). The molecule has 22 heavy (non-hydrogen) atoms. The number of hydrogen-bond acceptors (Lipinski definition) is 5. The number of ether oxygens (including phenoxy) is 2. The number of amides is 1. The van der Waals surface area contributed by atoms with Gasteiger partial charge in [0, 0.05) is 31.6 Å². The molecule has 0 aliphatic heterocycles. The first kappa shape index (κ1) is 17.5. The number of anilines is 1. The van der Waals surface area contributed by atoms with Crippen molar-refractivity contribution in [3.8, 4) is 11.8 Å². The van der Waals surface area contributed by atoms with Crippen molar-refractivity contribution in [1.82, 2.24) is 5.32 Å².